The third-order valence-electron chi connectivity index (χ3n) is 5.96. The Labute approximate surface area is 190 Å². The highest BCUT2D eigenvalue weighted by Crippen LogP contribution is 2.36. The van der Waals surface area contributed by atoms with Crippen LogP contribution in [0, 0.1) is 6.92 Å². The summed E-state index contributed by atoms with van der Waals surface area (Å²) in [5, 5.41) is 19.3. The average Bonchev–Trinajstić information content (AvgIpc) is 3.55. The number of hydrogen-bond acceptors (Lipinski definition) is 5. The number of halogens is 1. The number of carbonyl (C=O) groups excluding carboxylic acids is 1. The average molecular weight is 448 g/mol. The fourth-order valence-electron chi connectivity index (χ4n) is 4.28. The molecule has 0 amide bonds. The van der Waals surface area contributed by atoms with Crippen LogP contribution >= 0.6 is 11.6 Å². The number of benzene rings is 2. The van der Waals surface area contributed by atoms with Crippen molar-refractivity contribution in [2.45, 2.75) is 38.6 Å². The Hall–Kier alpha value is -3.38. The lowest BCUT2D eigenvalue weighted by molar-refractivity contribution is 0.103. The van der Waals surface area contributed by atoms with Crippen LogP contribution in [-0.2, 0) is 0 Å². The van der Waals surface area contributed by atoms with Crippen LogP contribution in [0.3, 0.4) is 0 Å². The van der Waals surface area contributed by atoms with Crippen LogP contribution < -0.4 is 0 Å². The monoisotopic (exact) mass is 447 g/mol. The standard InChI is InChI=1S/C25H22ClN3O3/c1-15-6-11-22(30)20(12-15)23(31)17-13-21(29(14-17)19-4-2-3-5-19)25-28-27-24(32-25)16-7-9-18(26)10-8-16/h6-14,19,30H,2-5H2,1H3. The second-order valence-electron chi connectivity index (χ2n) is 8.23. The molecule has 1 saturated carbocycles. The number of carbonyl (C=O) groups is 1. The third kappa shape index (κ3) is 3.82. The van der Waals surface area contributed by atoms with Gasteiger partial charge in [0.2, 0.25) is 5.89 Å². The van der Waals surface area contributed by atoms with E-state index >= 15 is 0 Å². The van der Waals surface area contributed by atoms with E-state index < -0.39 is 0 Å². The summed E-state index contributed by atoms with van der Waals surface area (Å²) in [6.07, 6.45) is 6.20. The van der Waals surface area contributed by atoms with Crippen molar-refractivity contribution in [2.75, 3.05) is 0 Å². The number of hydrogen-bond donors (Lipinski definition) is 1. The first-order chi connectivity index (χ1) is 15.5. The van der Waals surface area contributed by atoms with Gasteiger partial charge in [0.25, 0.3) is 5.89 Å². The number of aryl methyl sites for hydroxylation is 1. The largest absolute Gasteiger partial charge is 0.507 e. The second kappa shape index (κ2) is 8.28. The van der Waals surface area contributed by atoms with E-state index in [-0.39, 0.29) is 23.1 Å². The van der Waals surface area contributed by atoms with Gasteiger partial charge in [-0.1, -0.05) is 36.1 Å². The second-order valence-corrected chi connectivity index (χ2v) is 8.66. The van der Waals surface area contributed by atoms with Crippen LogP contribution in [0.4, 0.5) is 0 Å². The lowest BCUT2D eigenvalue weighted by Gasteiger charge is -2.14. The first kappa shape index (κ1) is 20.5. The third-order valence-corrected chi connectivity index (χ3v) is 6.21. The van der Waals surface area contributed by atoms with Gasteiger partial charge < -0.3 is 14.1 Å². The fraction of sp³-hybridized carbons (Fsp3) is 0.240. The molecule has 0 atom stereocenters. The molecule has 0 radical (unpaired) electrons. The van der Waals surface area contributed by atoms with E-state index in [9.17, 15) is 9.90 Å². The highest BCUT2D eigenvalue weighted by atomic mass is 35.5. The van der Waals surface area contributed by atoms with Gasteiger partial charge in [0.15, 0.2) is 5.78 Å². The molecule has 0 saturated heterocycles. The topological polar surface area (TPSA) is 81.2 Å². The molecule has 32 heavy (non-hydrogen) atoms. The molecule has 0 spiro atoms. The van der Waals surface area contributed by atoms with Crippen LogP contribution in [0.2, 0.25) is 5.02 Å². The van der Waals surface area contributed by atoms with Crippen molar-refractivity contribution < 1.29 is 14.3 Å². The summed E-state index contributed by atoms with van der Waals surface area (Å²) < 4.78 is 8.07. The van der Waals surface area contributed by atoms with Crippen LogP contribution in [0.5, 0.6) is 5.75 Å². The zero-order chi connectivity index (χ0) is 22.2. The SMILES string of the molecule is Cc1ccc(O)c(C(=O)c2cc(-c3nnc(-c4ccc(Cl)cc4)o3)n(C3CCCC3)c2)c1. The minimum Gasteiger partial charge on any atom is -0.507 e. The summed E-state index contributed by atoms with van der Waals surface area (Å²) in [7, 11) is 0. The molecule has 5 rings (SSSR count). The van der Waals surface area contributed by atoms with Gasteiger partial charge >= 0.3 is 0 Å². The summed E-state index contributed by atoms with van der Waals surface area (Å²) >= 11 is 5.98. The molecule has 2 aromatic carbocycles. The van der Waals surface area contributed by atoms with Gasteiger partial charge in [-0.05, 0) is 62.2 Å². The summed E-state index contributed by atoms with van der Waals surface area (Å²) in [6.45, 7) is 1.89. The Balaban J connectivity index is 1.56. The van der Waals surface area contributed by atoms with E-state index in [1.54, 1.807) is 36.4 Å². The van der Waals surface area contributed by atoms with Crippen molar-refractivity contribution in [2.24, 2.45) is 0 Å². The smallest absolute Gasteiger partial charge is 0.264 e. The number of aromatic hydroxyl groups is 1. The maximum absolute atomic E-state index is 13.2. The molecule has 2 heterocycles. The molecule has 0 aliphatic heterocycles. The Morgan fingerprint density at radius 3 is 2.53 bits per heavy atom. The minimum atomic E-state index is -0.235. The van der Waals surface area contributed by atoms with Gasteiger partial charge in [-0.25, -0.2) is 0 Å². The van der Waals surface area contributed by atoms with E-state index in [1.807, 2.05) is 25.3 Å². The van der Waals surface area contributed by atoms with Crippen molar-refractivity contribution in [3.63, 3.8) is 0 Å². The van der Waals surface area contributed by atoms with Crippen molar-refractivity contribution in [3.8, 4) is 28.8 Å². The minimum absolute atomic E-state index is 0.0291. The number of nitrogens with zero attached hydrogens (tertiary/aromatic N) is 3. The van der Waals surface area contributed by atoms with Crippen molar-refractivity contribution in [3.05, 3.63) is 76.4 Å². The number of ketones is 1. The molecule has 6 nitrogen and oxygen atoms in total. The van der Waals surface area contributed by atoms with E-state index in [0.717, 1.165) is 36.8 Å². The van der Waals surface area contributed by atoms with Gasteiger partial charge in [-0.3, -0.25) is 4.79 Å². The first-order valence-electron chi connectivity index (χ1n) is 10.7. The number of phenols is 1. The van der Waals surface area contributed by atoms with E-state index in [1.165, 1.54) is 0 Å². The van der Waals surface area contributed by atoms with Crippen LogP contribution in [0.25, 0.3) is 23.0 Å². The molecular weight excluding hydrogens is 426 g/mol. The van der Waals surface area contributed by atoms with Crippen LogP contribution in [0.1, 0.15) is 53.2 Å². The maximum Gasteiger partial charge on any atom is 0.264 e. The Bertz CT molecular complexity index is 1280. The quantitative estimate of drug-likeness (QED) is 0.367. The molecule has 4 aromatic rings. The zero-order valence-electron chi connectivity index (χ0n) is 17.6. The summed E-state index contributed by atoms with van der Waals surface area (Å²) in [5.41, 5.74) is 3.16. The zero-order valence-corrected chi connectivity index (χ0v) is 18.3. The fourth-order valence-corrected chi connectivity index (χ4v) is 4.41. The van der Waals surface area contributed by atoms with E-state index in [4.69, 9.17) is 16.0 Å². The molecule has 0 bridgehead atoms. The first-order valence-corrected chi connectivity index (χ1v) is 11.0. The summed E-state index contributed by atoms with van der Waals surface area (Å²) in [6, 6.07) is 14.3. The lowest BCUT2D eigenvalue weighted by atomic mass is 10.0. The highest BCUT2D eigenvalue weighted by molar-refractivity contribution is 6.30. The van der Waals surface area contributed by atoms with Crippen LogP contribution in [0.15, 0.2) is 59.1 Å². The van der Waals surface area contributed by atoms with Gasteiger partial charge in [-0.2, -0.15) is 0 Å². The number of phenolic OH excluding ortho intramolecular Hbond substituents is 1. The van der Waals surface area contributed by atoms with Crippen LogP contribution in [-0.4, -0.2) is 25.7 Å². The van der Waals surface area contributed by atoms with Gasteiger partial charge in [0.05, 0.1) is 5.56 Å². The van der Waals surface area contributed by atoms with Crippen molar-refractivity contribution in [1.82, 2.24) is 14.8 Å². The molecule has 1 aliphatic carbocycles. The van der Waals surface area contributed by atoms with Gasteiger partial charge in [0, 0.05) is 28.4 Å². The molecule has 2 aromatic heterocycles. The van der Waals surface area contributed by atoms with Crippen molar-refractivity contribution in [1.29, 1.82) is 0 Å². The predicted molar refractivity (Wildman–Crippen MR) is 122 cm³/mol. The molecule has 162 valence electrons. The molecule has 7 heteroatoms. The summed E-state index contributed by atoms with van der Waals surface area (Å²) in [5.74, 6) is 0.481. The number of aromatic nitrogens is 3. The van der Waals surface area contributed by atoms with Gasteiger partial charge in [0.1, 0.15) is 11.4 Å². The summed E-state index contributed by atoms with van der Waals surface area (Å²) in [4.78, 5) is 13.2. The Morgan fingerprint density at radius 1 is 1.06 bits per heavy atom. The molecule has 1 fully saturated rings. The normalized spacial score (nSPS) is 14.2. The predicted octanol–water partition coefficient (Wildman–Crippen LogP) is 6.22. The van der Waals surface area contributed by atoms with E-state index in [0.29, 0.717) is 28.1 Å². The van der Waals surface area contributed by atoms with E-state index in [2.05, 4.69) is 14.8 Å². The molecule has 1 aliphatic rings. The Kier molecular flexibility index (Phi) is 5.31. The molecular formula is C25H22ClN3O3. The van der Waals surface area contributed by atoms with Crippen molar-refractivity contribution >= 4 is 17.4 Å². The van der Waals surface area contributed by atoms with Gasteiger partial charge in [-0.15, -0.1) is 10.2 Å². The number of rotatable bonds is 5. The lowest BCUT2D eigenvalue weighted by Crippen LogP contribution is -2.06. The Morgan fingerprint density at radius 2 is 1.78 bits per heavy atom. The maximum atomic E-state index is 13.2. The molecule has 0 unspecified atom stereocenters. The highest BCUT2D eigenvalue weighted by Gasteiger charge is 2.26. The molecule has 1 N–H and O–H groups in total.